The van der Waals surface area contributed by atoms with Crippen molar-refractivity contribution in [1.29, 1.82) is 0 Å². The Labute approximate surface area is 121 Å². The molecule has 1 aromatic heterocycles. The molecule has 2 rings (SSSR count). The van der Waals surface area contributed by atoms with Crippen LogP contribution in [-0.4, -0.2) is 14.2 Å². The highest BCUT2D eigenvalue weighted by Gasteiger charge is 2.26. The average molecular weight is 315 g/mol. The van der Waals surface area contributed by atoms with Crippen molar-refractivity contribution >= 4 is 15.5 Å². The van der Waals surface area contributed by atoms with Crippen LogP contribution >= 0.6 is 0 Å². The molecule has 0 amide bonds. The monoisotopic (exact) mass is 315 g/mol. The second-order valence-corrected chi connectivity index (χ2v) is 6.56. The highest BCUT2D eigenvalue weighted by atomic mass is 32.2. The first-order chi connectivity index (χ1) is 9.80. The maximum absolute atomic E-state index is 12.4. The summed E-state index contributed by atoms with van der Waals surface area (Å²) in [7, 11) is -4.55. The van der Waals surface area contributed by atoms with E-state index < -0.39 is 20.5 Å². The molecule has 0 fully saturated rings. The molecule has 21 heavy (non-hydrogen) atoms. The fourth-order valence-corrected chi connectivity index (χ4v) is 2.57. The molecule has 1 unspecified atom stereocenters. The van der Waals surface area contributed by atoms with Gasteiger partial charge in [0.05, 0.1) is 10.9 Å². The zero-order chi connectivity index (χ0) is 15.6. The quantitative estimate of drug-likeness (QED) is 0.912. The summed E-state index contributed by atoms with van der Waals surface area (Å²) in [5.74, 6) is -1.89. The molecule has 1 heterocycles. The van der Waals surface area contributed by atoms with Crippen LogP contribution in [0.3, 0.4) is 0 Å². The van der Waals surface area contributed by atoms with Crippen LogP contribution in [-0.2, 0) is 9.84 Å². The number of benzene rings is 1. The normalized spacial score (nSPS) is 13.4. The van der Waals surface area contributed by atoms with Crippen LogP contribution in [0.4, 0.5) is 14.5 Å². The number of hydrogen-bond donors (Lipinski definition) is 1. The van der Waals surface area contributed by atoms with Gasteiger partial charge < -0.3 is 9.73 Å². The Hall–Kier alpha value is -1.89. The molecule has 2 aromatic rings. The van der Waals surface area contributed by atoms with E-state index in [1.807, 2.05) is 26.0 Å². The van der Waals surface area contributed by atoms with E-state index in [1.54, 1.807) is 0 Å². The van der Waals surface area contributed by atoms with Crippen LogP contribution in [0.1, 0.15) is 24.5 Å². The van der Waals surface area contributed by atoms with E-state index in [0.29, 0.717) is 5.69 Å². The molecule has 114 valence electrons. The smallest absolute Gasteiger partial charge is 0.341 e. The van der Waals surface area contributed by atoms with E-state index in [2.05, 4.69) is 5.32 Å². The van der Waals surface area contributed by atoms with Crippen LogP contribution in [0.15, 0.2) is 45.7 Å². The van der Waals surface area contributed by atoms with E-state index in [9.17, 15) is 17.2 Å². The van der Waals surface area contributed by atoms with Crippen LogP contribution < -0.4 is 5.32 Å². The topological polar surface area (TPSA) is 59.3 Å². The minimum atomic E-state index is -4.55. The van der Waals surface area contributed by atoms with Crippen molar-refractivity contribution in [2.45, 2.75) is 30.5 Å². The second kappa shape index (κ2) is 5.85. The summed E-state index contributed by atoms with van der Waals surface area (Å²) in [5, 5.41) is 3.10. The number of sulfone groups is 1. The van der Waals surface area contributed by atoms with Gasteiger partial charge in [0.1, 0.15) is 11.5 Å². The summed E-state index contributed by atoms with van der Waals surface area (Å²) in [6.07, 6.45) is 0. The molecule has 1 aromatic carbocycles. The summed E-state index contributed by atoms with van der Waals surface area (Å²) in [6, 6.07) is 8.75. The molecule has 0 saturated heterocycles. The van der Waals surface area contributed by atoms with Gasteiger partial charge in [-0.25, -0.2) is 8.42 Å². The average Bonchev–Trinajstić information content (AvgIpc) is 2.86. The number of nitrogens with one attached hydrogen (secondary N) is 1. The minimum Gasteiger partial charge on any atom is -0.464 e. The zero-order valence-corrected chi connectivity index (χ0v) is 12.3. The molecular formula is C14H15F2NO3S. The second-order valence-electron chi connectivity index (χ2n) is 4.64. The van der Waals surface area contributed by atoms with Gasteiger partial charge in [-0.15, -0.1) is 0 Å². The van der Waals surface area contributed by atoms with Crippen molar-refractivity contribution in [3.8, 4) is 0 Å². The van der Waals surface area contributed by atoms with Gasteiger partial charge in [-0.05, 0) is 50.2 Å². The molecular weight excluding hydrogens is 300 g/mol. The lowest BCUT2D eigenvalue weighted by Gasteiger charge is -2.13. The Morgan fingerprint density at radius 2 is 1.71 bits per heavy atom. The van der Waals surface area contributed by atoms with E-state index >= 15 is 0 Å². The molecule has 1 atom stereocenters. The summed E-state index contributed by atoms with van der Waals surface area (Å²) >= 11 is 0. The minimum absolute atomic E-state index is 0.128. The molecule has 0 aliphatic carbocycles. The Balaban J connectivity index is 2.13. The van der Waals surface area contributed by atoms with Gasteiger partial charge >= 0.3 is 5.76 Å². The van der Waals surface area contributed by atoms with Crippen molar-refractivity contribution in [1.82, 2.24) is 0 Å². The Bertz CT molecular complexity index is 708. The summed E-state index contributed by atoms with van der Waals surface area (Å²) in [6.45, 7) is 3.71. The van der Waals surface area contributed by atoms with Crippen molar-refractivity contribution in [3.05, 3.63) is 47.9 Å². The Kier molecular flexibility index (Phi) is 4.32. The van der Waals surface area contributed by atoms with Crippen LogP contribution in [0.5, 0.6) is 0 Å². The van der Waals surface area contributed by atoms with Crippen molar-refractivity contribution in [2.75, 3.05) is 5.32 Å². The van der Waals surface area contributed by atoms with Gasteiger partial charge in [0.25, 0.3) is 0 Å². The predicted molar refractivity (Wildman–Crippen MR) is 75.1 cm³/mol. The Morgan fingerprint density at radius 1 is 1.10 bits per heavy atom. The molecule has 4 nitrogen and oxygen atoms in total. The van der Waals surface area contributed by atoms with E-state index in [4.69, 9.17) is 4.42 Å². The maximum atomic E-state index is 12.4. The van der Waals surface area contributed by atoms with Gasteiger partial charge in [-0.1, -0.05) is 0 Å². The number of aryl methyl sites for hydroxylation is 1. The van der Waals surface area contributed by atoms with Crippen LogP contribution in [0.25, 0.3) is 0 Å². The lowest BCUT2D eigenvalue weighted by atomic mass is 10.2. The highest BCUT2D eigenvalue weighted by molar-refractivity contribution is 7.91. The lowest BCUT2D eigenvalue weighted by molar-refractivity contribution is 0.234. The van der Waals surface area contributed by atoms with Gasteiger partial charge in [0.2, 0.25) is 9.84 Å². The molecule has 0 spiro atoms. The molecule has 7 heteroatoms. The van der Waals surface area contributed by atoms with Gasteiger partial charge in [0, 0.05) is 5.69 Å². The molecule has 0 radical (unpaired) electrons. The Morgan fingerprint density at radius 3 is 2.19 bits per heavy atom. The van der Waals surface area contributed by atoms with Crippen molar-refractivity contribution < 1.29 is 21.6 Å². The SMILES string of the molecule is Cc1ccc(C(C)Nc2ccc(S(=O)(=O)C(F)F)cc2)o1. The first-order valence-corrected chi connectivity index (χ1v) is 7.80. The fourth-order valence-electron chi connectivity index (χ4n) is 1.85. The number of alkyl halides is 2. The summed E-state index contributed by atoms with van der Waals surface area (Å²) < 4.78 is 52.9. The van der Waals surface area contributed by atoms with Gasteiger partial charge in [-0.2, -0.15) is 8.78 Å². The molecule has 0 aliphatic heterocycles. The van der Waals surface area contributed by atoms with Gasteiger partial charge in [0.15, 0.2) is 0 Å². The molecule has 0 aliphatic rings. The van der Waals surface area contributed by atoms with Crippen LogP contribution in [0.2, 0.25) is 0 Å². The largest absolute Gasteiger partial charge is 0.464 e. The fraction of sp³-hybridized carbons (Fsp3) is 0.286. The first kappa shape index (κ1) is 15.5. The van der Waals surface area contributed by atoms with Crippen molar-refractivity contribution in [2.24, 2.45) is 0 Å². The summed E-state index contributed by atoms with van der Waals surface area (Å²) in [5.41, 5.74) is 0.616. The van der Waals surface area contributed by atoms with E-state index in [1.165, 1.54) is 12.1 Å². The number of anilines is 1. The van der Waals surface area contributed by atoms with E-state index in [0.717, 1.165) is 23.7 Å². The molecule has 0 bridgehead atoms. The lowest BCUT2D eigenvalue weighted by Crippen LogP contribution is -2.11. The number of halogens is 2. The predicted octanol–water partition coefficient (Wildman–Crippen LogP) is 3.76. The molecule has 0 saturated carbocycles. The molecule has 1 N–H and O–H groups in total. The zero-order valence-electron chi connectivity index (χ0n) is 11.5. The van der Waals surface area contributed by atoms with Crippen LogP contribution in [0, 0.1) is 6.92 Å². The first-order valence-electron chi connectivity index (χ1n) is 6.25. The number of rotatable bonds is 5. The summed E-state index contributed by atoms with van der Waals surface area (Å²) in [4.78, 5) is -0.399. The maximum Gasteiger partial charge on any atom is 0.341 e. The number of hydrogen-bond acceptors (Lipinski definition) is 4. The van der Waals surface area contributed by atoms with E-state index in [-0.39, 0.29) is 6.04 Å². The standard InChI is InChI=1S/C14H15F2NO3S/c1-9-3-8-13(20-9)10(2)17-11-4-6-12(7-5-11)21(18,19)14(15)16/h3-8,10,14,17H,1-2H3. The van der Waals surface area contributed by atoms with Gasteiger partial charge in [-0.3, -0.25) is 0 Å². The third-order valence-electron chi connectivity index (χ3n) is 2.99. The number of furan rings is 1. The third kappa shape index (κ3) is 3.41. The third-order valence-corrected chi connectivity index (χ3v) is 4.39. The van der Waals surface area contributed by atoms with Crippen molar-refractivity contribution in [3.63, 3.8) is 0 Å². The highest BCUT2D eigenvalue weighted by Crippen LogP contribution is 2.24.